The highest BCUT2D eigenvalue weighted by molar-refractivity contribution is 6.14. The van der Waals surface area contributed by atoms with Crippen molar-refractivity contribution < 1.29 is 19.4 Å². The molecular formula is C14H11NO4. The molecule has 2 aromatic rings. The van der Waals surface area contributed by atoms with Crippen LogP contribution in [0, 0.1) is 0 Å². The number of hydrogen-bond acceptors (Lipinski definition) is 4. The summed E-state index contributed by atoms with van der Waals surface area (Å²) in [5.41, 5.74) is 0.959. The van der Waals surface area contributed by atoms with Crippen LogP contribution < -0.4 is 4.74 Å². The van der Waals surface area contributed by atoms with Gasteiger partial charge in [0.1, 0.15) is 11.3 Å². The molecule has 0 fully saturated rings. The Morgan fingerprint density at radius 3 is 2.74 bits per heavy atom. The molecule has 0 unspecified atom stereocenters. The quantitative estimate of drug-likeness (QED) is 0.670. The number of carboxylic acids is 1. The molecule has 0 saturated heterocycles. The number of benzene rings is 1. The smallest absolute Gasteiger partial charge is 0.328 e. The Kier molecular flexibility index (Phi) is 3.56. The van der Waals surface area contributed by atoms with E-state index in [0.717, 1.165) is 12.2 Å². The number of pyridine rings is 1. The molecule has 0 aliphatic rings. The molecule has 96 valence electrons. The average molecular weight is 257 g/mol. The van der Waals surface area contributed by atoms with Crippen LogP contribution in [0.5, 0.6) is 5.75 Å². The minimum Gasteiger partial charge on any atom is -0.494 e. The van der Waals surface area contributed by atoms with Crippen LogP contribution in [0.2, 0.25) is 0 Å². The third-order valence-corrected chi connectivity index (χ3v) is 2.60. The van der Waals surface area contributed by atoms with E-state index in [9.17, 15) is 9.59 Å². The fourth-order valence-corrected chi connectivity index (χ4v) is 1.76. The molecule has 1 heterocycles. The Balaban J connectivity index is 2.56. The summed E-state index contributed by atoms with van der Waals surface area (Å²) in [6.07, 6.45) is 3.44. The van der Waals surface area contributed by atoms with E-state index in [-0.39, 0.29) is 5.78 Å². The zero-order chi connectivity index (χ0) is 13.8. The second-order valence-electron chi connectivity index (χ2n) is 3.75. The highest BCUT2D eigenvalue weighted by atomic mass is 16.5. The van der Waals surface area contributed by atoms with Crippen molar-refractivity contribution in [3.63, 3.8) is 0 Å². The number of carboxylic acid groups (broad SMARTS) is 1. The zero-order valence-corrected chi connectivity index (χ0v) is 10.2. The van der Waals surface area contributed by atoms with Gasteiger partial charge in [-0.05, 0) is 24.3 Å². The van der Waals surface area contributed by atoms with Gasteiger partial charge in [-0.1, -0.05) is 6.07 Å². The molecule has 0 radical (unpaired) electrons. The lowest BCUT2D eigenvalue weighted by Gasteiger charge is -2.07. The molecule has 19 heavy (non-hydrogen) atoms. The number of hydrogen-bond donors (Lipinski definition) is 1. The number of aliphatic carboxylic acids is 1. The van der Waals surface area contributed by atoms with Gasteiger partial charge in [-0.2, -0.15) is 0 Å². The van der Waals surface area contributed by atoms with Gasteiger partial charge in [-0.3, -0.25) is 9.78 Å². The van der Waals surface area contributed by atoms with Crippen molar-refractivity contribution in [2.75, 3.05) is 7.11 Å². The van der Waals surface area contributed by atoms with Crippen molar-refractivity contribution in [2.24, 2.45) is 0 Å². The Morgan fingerprint density at radius 2 is 2.05 bits per heavy atom. The first-order valence-electron chi connectivity index (χ1n) is 5.50. The van der Waals surface area contributed by atoms with Crippen molar-refractivity contribution >= 4 is 22.7 Å². The van der Waals surface area contributed by atoms with E-state index in [1.165, 1.54) is 7.11 Å². The summed E-state index contributed by atoms with van der Waals surface area (Å²) in [4.78, 5) is 26.5. The highest BCUT2D eigenvalue weighted by Crippen LogP contribution is 2.26. The number of carbonyl (C=O) groups is 2. The van der Waals surface area contributed by atoms with Crippen LogP contribution in [0.25, 0.3) is 10.9 Å². The van der Waals surface area contributed by atoms with Crippen LogP contribution in [-0.2, 0) is 4.79 Å². The molecular weight excluding hydrogens is 246 g/mol. The van der Waals surface area contributed by atoms with Gasteiger partial charge in [0.05, 0.1) is 7.11 Å². The number of nitrogens with zero attached hydrogens (tertiary/aromatic N) is 1. The molecule has 0 atom stereocenters. The maximum absolute atomic E-state index is 11.9. The standard InChI is InChI=1S/C14H11NO4/c1-19-12-6-4-9(11(16)5-7-13(17)18)10-3-2-8-15-14(10)12/h2-8H,1H3,(H,17,18)/b7-5+. The summed E-state index contributed by atoms with van der Waals surface area (Å²) in [6, 6.07) is 6.68. The van der Waals surface area contributed by atoms with E-state index in [4.69, 9.17) is 9.84 Å². The number of fused-ring (bicyclic) bond motifs is 1. The summed E-state index contributed by atoms with van der Waals surface area (Å²) in [5.74, 6) is -0.985. The number of rotatable bonds is 4. The first-order valence-corrected chi connectivity index (χ1v) is 5.50. The van der Waals surface area contributed by atoms with Crippen LogP contribution in [0.15, 0.2) is 42.6 Å². The molecule has 1 aromatic carbocycles. The monoisotopic (exact) mass is 257 g/mol. The molecule has 0 amide bonds. The Bertz CT molecular complexity index is 676. The molecule has 2 rings (SSSR count). The first kappa shape index (κ1) is 12.8. The van der Waals surface area contributed by atoms with Gasteiger partial charge in [0.25, 0.3) is 0 Å². The second kappa shape index (κ2) is 5.30. The normalized spacial score (nSPS) is 10.8. The van der Waals surface area contributed by atoms with E-state index in [1.54, 1.807) is 30.5 Å². The molecule has 5 heteroatoms. The number of ketones is 1. The number of ether oxygens (including phenoxy) is 1. The average Bonchev–Trinajstić information content (AvgIpc) is 2.43. The molecule has 0 aliphatic heterocycles. The number of aromatic nitrogens is 1. The van der Waals surface area contributed by atoms with Gasteiger partial charge < -0.3 is 9.84 Å². The fourth-order valence-electron chi connectivity index (χ4n) is 1.76. The van der Waals surface area contributed by atoms with E-state index in [2.05, 4.69) is 4.98 Å². The highest BCUT2D eigenvalue weighted by Gasteiger charge is 2.11. The van der Waals surface area contributed by atoms with Crippen LogP contribution in [0.4, 0.5) is 0 Å². The van der Waals surface area contributed by atoms with E-state index < -0.39 is 5.97 Å². The molecule has 0 aliphatic carbocycles. The fraction of sp³-hybridized carbons (Fsp3) is 0.0714. The maximum Gasteiger partial charge on any atom is 0.328 e. The minimum atomic E-state index is -1.16. The third kappa shape index (κ3) is 2.60. The lowest BCUT2D eigenvalue weighted by Crippen LogP contribution is -1.99. The lowest BCUT2D eigenvalue weighted by molar-refractivity contribution is -0.131. The summed E-state index contributed by atoms with van der Waals surface area (Å²) in [7, 11) is 1.52. The Labute approximate surface area is 109 Å². The van der Waals surface area contributed by atoms with Gasteiger partial charge >= 0.3 is 5.97 Å². The van der Waals surface area contributed by atoms with Gasteiger partial charge in [-0.25, -0.2) is 4.79 Å². The predicted molar refractivity (Wildman–Crippen MR) is 69.4 cm³/mol. The minimum absolute atomic E-state index is 0.386. The van der Waals surface area contributed by atoms with Gasteiger partial charge in [0, 0.05) is 23.2 Å². The SMILES string of the molecule is COc1ccc(C(=O)/C=C/C(=O)O)c2cccnc12. The van der Waals surface area contributed by atoms with Crippen molar-refractivity contribution in [1.82, 2.24) is 4.98 Å². The van der Waals surface area contributed by atoms with E-state index >= 15 is 0 Å². The Hall–Kier alpha value is -2.69. The van der Waals surface area contributed by atoms with Gasteiger partial charge in [0.2, 0.25) is 0 Å². The number of carbonyl (C=O) groups excluding carboxylic acids is 1. The van der Waals surface area contributed by atoms with Gasteiger partial charge in [-0.15, -0.1) is 0 Å². The summed E-state index contributed by atoms with van der Waals surface area (Å²) in [6.45, 7) is 0. The largest absolute Gasteiger partial charge is 0.494 e. The van der Waals surface area contributed by atoms with Crippen LogP contribution in [0.3, 0.4) is 0 Å². The first-order chi connectivity index (χ1) is 9.13. The van der Waals surface area contributed by atoms with Crippen LogP contribution in [0.1, 0.15) is 10.4 Å². The zero-order valence-electron chi connectivity index (χ0n) is 10.2. The summed E-state index contributed by atoms with van der Waals surface area (Å²) < 4.78 is 5.17. The van der Waals surface area contributed by atoms with E-state index in [0.29, 0.717) is 22.2 Å². The molecule has 0 spiro atoms. The molecule has 0 bridgehead atoms. The third-order valence-electron chi connectivity index (χ3n) is 2.60. The van der Waals surface area contributed by atoms with Gasteiger partial charge in [0.15, 0.2) is 5.78 Å². The predicted octanol–water partition coefficient (Wildman–Crippen LogP) is 2.07. The topological polar surface area (TPSA) is 76.5 Å². The maximum atomic E-state index is 11.9. The lowest BCUT2D eigenvalue weighted by atomic mass is 10.0. The van der Waals surface area contributed by atoms with Crippen LogP contribution in [-0.4, -0.2) is 29.0 Å². The van der Waals surface area contributed by atoms with Crippen molar-refractivity contribution in [3.8, 4) is 5.75 Å². The van der Waals surface area contributed by atoms with Crippen molar-refractivity contribution in [3.05, 3.63) is 48.2 Å². The summed E-state index contributed by atoms with van der Waals surface area (Å²) >= 11 is 0. The molecule has 0 saturated carbocycles. The van der Waals surface area contributed by atoms with E-state index in [1.807, 2.05) is 0 Å². The van der Waals surface area contributed by atoms with Crippen LogP contribution >= 0.6 is 0 Å². The van der Waals surface area contributed by atoms with Crippen molar-refractivity contribution in [2.45, 2.75) is 0 Å². The second-order valence-corrected chi connectivity index (χ2v) is 3.75. The Morgan fingerprint density at radius 1 is 1.26 bits per heavy atom. The summed E-state index contributed by atoms with van der Waals surface area (Å²) in [5, 5.41) is 9.16. The van der Waals surface area contributed by atoms with Crippen molar-refractivity contribution in [1.29, 1.82) is 0 Å². The molecule has 1 N–H and O–H groups in total. The number of allylic oxidation sites excluding steroid dienone is 1. The molecule has 5 nitrogen and oxygen atoms in total. The number of methoxy groups -OCH3 is 1. The molecule has 1 aromatic heterocycles.